The van der Waals surface area contributed by atoms with Gasteiger partial charge in [-0.15, -0.1) is 12.4 Å². The number of likely N-dealkylation sites (tertiary alicyclic amines) is 2. The summed E-state index contributed by atoms with van der Waals surface area (Å²) in [5.74, 6) is 0.651. The lowest BCUT2D eigenvalue weighted by molar-refractivity contribution is -0.138. The minimum absolute atomic E-state index is 0. The van der Waals surface area contributed by atoms with E-state index in [4.69, 9.17) is 5.73 Å². The van der Waals surface area contributed by atoms with Gasteiger partial charge in [0, 0.05) is 31.2 Å². The van der Waals surface area contributed by atoms with Gasteiger partial charge in [-0.1, -0.05) is 12.1 Å². The Morgan fingerprint density at radius 2 is 1.78 bits per heavy atom. The normalized spacial score (nSPS) is 20.1. The van der Waals surface area contributed by atoms with Crippen LogP contribution in [0, 0.1) is 5.92 Å². The molecule has 0 unspecified atom stereocenters. The van der Waals surface area contributed by atoms with Crippen LogP contribution in [-0.2, 0) is 11.3 Å². The molecule has 1 aromatic rings. The van der Waals surface area contributed by atoms with Crippen LogP contribution in [0.1, 0.15) is 37.7 Å². The molecule has 23 heavy (non-hydrogen) atoms. The van der Waals surface area contributed by atoms with Crippen LogP contribution in [-0.4, -0.2) is 41.9 Å². The van der Waals surface area contributed by atoms with Gasteiger partial charge in [-0.25, -0.2) is 0 Å². The predicted octanol–water partition coefficient (Wildman–Crippen LogP) is 2.92. The maximum Gasteiger partial charge on any atom is 0.225 e. The number of piperidine rings is 2. The van der Waals surface area contributed by atoms with E-state index in [0.717, 1.165) is 51.3 Å². The average molecular weight is 338 g/mol. The smallest absolute Gasteiger partial charge is 0.225 e. The van der Waals surface area contributed by atoms with Crippen molar-refractivity contribution in [3.05, 3.63) is 29.8 Å². The van der Waals surface area contributed by atoms with Crippen LogP contribution in [0.25, 0.3) is 0 Å². The van der Waals surface area contributed by atoms with Crippen molar-refractivity contribution in [2.45, 2.75) is 38.6 Å². The highest BCUT2D eigenvalue weighted by atomic mass is 35.5. The van der Waals surface area contributed by atoms with Crippen molar-refractivity contribution in [1.82, 2.24) is 9.80 Å². The van der Waals surface area contributed by atoms with Crippen LogP contribution in [0.4, 0.5) is 5.69 Å². The Kier molecular flexibility index (Phi) is 6.72. The summed E-state index contributed by atoms with van der Waals surface area (Å²) in [5, 5.41) is 0. The Labute approximate surface area is 145 Å². The molecule has 0 saturated carbocycles. The van der Waals surface area contributed by atoms with Crippen molar-refractivity contribution in [1.29, 1.82) is 0 Å². The van der Waals surface area contributed by atoms with Crippen LogP contribution in [0.5, 0.6) is 0 Å². The van der Waals surface area contributed by atoms with Gasteiger partial charge >= 0.3 is 0 Å². The summed E-state index contributed by atoms with van der Waals surface area (Å²) in [6.45, 7) is 4.92. The van der Waals surface area contributed by atoms with E-state index in [1.807, 2.05) is 18.2 Å². The van der Waals surface area contributed by atoms with Crippen LogP contribution < -0.4 is 5.73 Å². The molecule has 0 bridgehead atoms. The van der Waals surface area contributed by atoms with Gasteiger partial charge in [-0.05, 0) is 62.9 Å². The molecule has 128 valence electrons. The molecule has 1 amide bonds. The number of nitrogen functional groups attached to an aromatic ring is 1. The monoisotopic (exact) mass is 337 g/mol. The molecule has 2 aliphatic heterocycles. The van der Waals surface area contributed by atoms with Crippen molar-refractivity contribution in [2.75, 3.05) is 31.9 Å². The molecule has 0 aliphatic carbocycles. The minimum Gasteiger partial charge on any atom is -0.399 e. The molecular weight excluding hydrogens is 310 g/mol. The lowest BCUT2D eigenvalue weighted by Gasteiger charge is -2.35. The quantitative estimate of drug-likeness (QED) is 0.863. The highest BCUT2D eigenvalue weighted by molar-refractivity contribution is 5.85. The fourth-order valence-corrected chi connectivity index (χ4v) is 3.66. The molecule has 0 aromatic heterocycles. The second-order valence-corrected chi connectivity index (χ2v) is 6.68. The number of carbonyl (C=O) groups excluding carboxylic acids is 1. The van der Waals surface area contributed by atoms with Crippen LogP contribution in [0.15, 0.2) is 24.3 Å². The molecule has 3 rings (SSSR count). The largest absolute Gasteiger partial charge is 0.399 e. The summed E-state index contributed by atoms with van der Waals surface area (Å²) < 4.78 is 0. The van der Waals surface area contributed by atoms with Gasteiger partial charge in [0.15, 0.2) is 0 Å². The molecule has 2 heterocycles. The molecule has 2 saturated heterocycles. The van der Waals surface area contributed by atoms with Crippen molar-refractivity contribution in [2.24, 2.45) is 5.92 Å². The van der Waals surface area contributed by atoms with E-state index in [1.54, 1.807) is 0 Å². The maximum atomic E-state index is 12.6. The second-order valence-electron chi connectivity index (χ2n) is 6.68. The highest BCUT2D eigenvalue weighted by Crippen LogP contribution is 2.23. The van der Waals surface area contributed by atoms with E-state index < -0.39 is 0 Å². The first-order chi connectivity index (χ1) is 10.7. The third-order valence-corrected chi connectivity index (χ3v) is 4.96. The molecule has 0 radical (unpaired) electrons. The number of hydrogen-bond donors (Lipinski definition) is 1. The predicted molar refractivity (Wildman–Crippen MR) is 96.5 cm³/mol. The lowest BCUT2D eigenvalue weighted by Crippen LogP contribution is -2.44. The molecule has 2 N–H and O–H groups in total. The molecule has 2 aliphatic rings. The Bertz CT molecular complexity index is 509. The number of benzene rings is 1. The molecule has 5 heteroatoms. The van der Waals surface area contributed by atoms with Gasteiger partial charge < -0.3 is 10.6 Å². The number of rotatable bonds is 3. The Hall–Kier alpha value is -1.26. The fourth-order valence-electron chi connectivity index (χ4n) is 3.66. The van der Waals surface area contributed by atoms with E-state index in [9.17, 15) is 4.79 Å². The first kappa shape index (κ1) is 18.1. The van der Waals surface area contributed by atoms with Gasteiger partial charge in [0.2, 0.25) is 5.91 Å². The third-order valence-electron chi connectivity index (χ3n) is 4.96. The molecule has 2 fully saturated rings. The molecule has 1 aromatic carbocycles. The number of amides is 1. The Morgan fingerprint density at radius 3 is 2.43 bits per heavy atom. The average Bonchev–Trinajstić information content (AvgIpc) is 2.56. The number of carbonyl (C=O) groups is 1. The fraction of sp³-hybridized carbons (Fsp3) is 0.611. The SMILES string of the molecule is Cl.Nc1cccc(CN2CCC(C(=O)N3CCCCC3)CC2)c1. The highest BCUT2D eigenvalue weighted by Gasteiger charge is 2.29. The minimum atomic E-state index is 0. The summed E-state index contributed by atoms with van der Waals surface area (Å²) in [6.07, 6.45) is 5.64. The van der Waals surface area contributed by atoms with E-state index >= 15 is 0 Å². The third kappa shape index (κ3) is 4.85. The van der Waals surface area contributed by atoms with Gasteiger partial charge in [-0.2, -0.15) is 0 Å². The van der Waals surface area contributed by atoms with Crippen molar-refractivity contribution in [3.8, 4) is 0 Å². The first-order valence-corrected chi connectivity index (χ1v) is 8.58. The number of halogens is 1. The zero-order chi connectivity index (χ0) is 15.4. The van der Waals surface area contributed by atoms with Crippen molar-refractivity contribution >= 4 is 24.0 Å². The van der Waals surface area contributed by atoms with E-state index in [2.05, 4.69) is 15.9 Å². The Morgan fingerprint density at radius 1 is 1.09 bits per heavy atom. The van der Waals surface area contributed by atoms with E-state index in [0.29, 0.717) is 5.91 Å². The van der Waals surface area contributed by atoms with E-state index in [-0.39, 0.29) is 18.3 Å². The summed E-state index contributed by atoms with van der Waals surface area (Å²) in [6, 6.07) is 8.11. The lowest BCUT2D eigenvalue weighted by atomic mass is 9.94. The number of nitrogens with zero attached hydrogens (tertiary/aromatic N) is 2. The van der Waals surface area contributed by atoms with Gasteiger partial charge in [-0.3, -0.25) is 9.69 Å². The molecule has 4 nitrogen and oxygen atoms in total. The van der Waals surface area contributed by atoms with E-state index in [1.165, 1.54) is 24.8 Å². The first-order valence-electron chi connectivity index (χ1n) is 8.58. The van der Waals surface area contributed by atoms with Gasteiger partial charge in [0.1, 0.15) is 0 Å². The zero-order valence-electron chi connectivity index (χ0n) is 13.7. The molecule has 0 spiro atoms. The molecular formula is C18H28ClN3O. The number of anilines is 1. The van der Waals surface area contributed by atoms with Gasteiger partial charge in [0.05, 0.1) is 0 Å². The van der Waals surface area contributed by atoms with Crippen molar-refractivity contribution < 1.29 is 4.79 Å². The second kappa shape index (κ2) is 8.55. The Balaban J connectivity index is 0.00000192. The molecule has 0 atom stereocenters. The summed E-state index contributed by atoms with van der Waals surface area (Å²) in [4.78, 5) is 17.1. The number of hydrogen-bond acceptors (Lipinski definition) is 3. The van der Waals surface area contributed by atoms with Crippen LogP contribution in [0.2, 0.25) is 0 Å². The van der Waals surface area contributed by atoms with Crippen molar-refractivity contribution in [3.63, 3.8) is 0 Å². The maximum absolute atomic E-state index is 12.6. The summed E-state index contributed by atoms with van der Waals surface area (Å²) in [7, 11) is 0. The zero-order valence-corrected chi connectivity index (χ0v) is 14.6. The van der Waals surface area contributed by atoms with Crippen LogP contribution in [0.3, 0.4) is 0 Å². The number of nitrogens with two attached hydrogens (primary N) is 1. The van der Waals surface area contributed by atoms with Gasteiger partial charge in [0.25, 0.3) is 0 Å². The standard InChI is InChI=1S/C18H27N3O.ClH/c19-17-6-4-5-15(13-17)14-20-11-7-16(8-12-20)18(22)21-9-2-1-3-10-21;/h4-6,13,16H,1-3,7-12,14,19H2;1H. The topological polar surface area (TPSA) is 49.6 Å². The summed E-state index contributed by atoms with van der Waals surface area (Å²) >= 11 is 0. The summed E-state index contributed by atoms with van der Waals surface area (Å²) in [5.41, 5.74) is 7.93. The van der Waals surface area contributed by atoms with Crippen LogP contribution >= 0.6 is 12.4 Å².